The highest BCUT2D eigenvalue weighted by Gasteiger charge is 2.26. The standard InChI is InChI=1S/C20H25N3O3/c1-14-11-18(15(2)21-14)20(25)23-9-7-22(8-10-23)19(24)13-16-5-4-6-17(12-16)26-3/h4-6,11-12,21H,7-10,13H2,1-3H3. The number of piperazine rings is 1. The maximum atomic E-state index is 12.7. The van der Waals surface area contributed by atoms with Crippen molar-refractivity contribution in [3.63, 3.8) is 0 Å². The first-order chi connectivity index (χ1) is 12.5. The third kappa shape index (κ3) is 3.90. The van der Waals surface area contributed by atoms with E-state index in [4.69, 9.17) is 4.74 Å². The molecular formula is C20H25N3O3. The molecule has 0 aliphatic carbocycles. The molecule has 6 heteroatoms. The van der Waals surface area contributed by atoms with Crippen LogP contribution in [0.5, 0.6) is 5.75 Å². The number of aromatic nitrogens is 1. The van der Waals surface area contributed by atoms with Crippen LogP contribution in [0.2, 0.25) is 0 Å². The summed E-state index contributed by atoms with van der Waals surface area (Å²) in [5.74, 6) is 0.869. The van der Waals surface area contributed by atoms with Gasteiger partial charge in [-0.3, -0.25) is 9.59 Å². The minimum absolute atomic E-state index is 0.0340. The maximum Gasteiger partial charge on any atom is 0.255 e. The van der Waals surface area contributed by atoms with Crippen molar-refractivity contribution in [2.75, 3.05) is 33.3 Å². The molecule has 0 spiro atoms. The van der Waals surface area contributed by atoms with Gasteiger partial charge in [0.1, 0.15) is 5.75 Å². The summed E-state index contributed by atoms with van der Waals surface area (Å²) in [5.41, 5.74) is 3.53. The average molecular weight is 355 g/mol. The van der Waals surface area contributed by atoms with Crippen molar-refractivity contribution in [3.05, 3.63) is 52.8 Å². The van der Waals surface area contributed by atoms with Gasteiger partial charge in [0.15, 0.2) is 0 Å². The van der Waals surface area contributed by atoms with Crippen molar-refractivity contribution < 1.29 is 14.3 Å². The Morgan fingerprint density at radius 3 is 2.38 bits per heavy atom. The molecule has 2 aromatic rings. The first-order valence-corrected chi connectivity index (χ1v) is 8.84. The Balaban J connectivity index is 1.56. The van der Waals surface area contributed by atoms with Gasteiger partial charge in [-0.25, -0.2) is 0 Å². The lowest BCUT2D eigenvalue weighted by molar-refractivity contribution is -0.131. The molecule has 1 aromatic heterocycles. The van der Waals surface area contributed by atoms with E-state index in [2.05, 4.69) is 4.98 Å². The van der Waals surface area contributed by atoms with Gasteiger partial charge in [0.2, 0.25) is 5.91 Å². The third-order valence-electron chi connectivity index (χ3n) is 4.79. The number of nitrogens with one attached hydrogen (secondary N) is 1. The molecule has 138 valence electrons. The van der Waals surface area contributed by atoms with E-state index in [1.807, 2.05) is 54.0 Å². The zero-order valence-electron chi connectivity index (χ0n) is 15.5. The van der Waals surface area contributed by atoms with Crippen LogP contribution >= 0.6 is 0 Å². The Hall–Kier alpha value is -2.76. The molecule has 0 unspecified atom stereocenters. The van der Waals surface area contributed by atoms with Crippen LogP contribution in [-0.2, 0) is 11.2 Å². The largest absolute Gasteiger partial charge is 0.497 e. The number of carbonyl (C=O) groups excluding carboxylic acids is 2. The number of aromatic amines is 1. The van der Waals surface area contributed by atoms with Gasteiger partial charge < -0.3 is 19.5 Å². The number of benzene rings is 1. The smallest absolute Gasteiger partial charge is 0.255 e. The predicted molar refractivity (Wildman–Crippen MR) is 99.4 cm³/mol. The van der Waals surface area contributed by atoms with Crippen molar-refractivity contribution >= 4 is 11.8 Å². The molecule has 2 heterocycles. The van der Waals surface area contributed by atoms with E-state index in [0.717, 1.165) is 28.3 Å². The molecule has 0 saturated carbocycles. The number of methoxy groups -OCH3 is 1. The van der Waals surface area contributed by atoms with Gasteiger partial charge in [-0.1, -0.05) is 12.1 Å². The lowest BCUT2D eigenvalue weighted by Crippen LogP contribution is -2.51. The minimum Gasteiger partial charge on any atom is -0.497 e. The lowest BCUT2D eigenvalue weighted by atomic mass is 10.1. The van der Waals surface area contributed by atoms with Crippen LogP contribution in [-0.4, -0.2) is 59.9 Å². The Bertz CT molecular complexity index is 804. The van der Waals surface area contributed by atoms with Crippen LogP contribution in [0, 0.1) is 13.8 Å². The summed E-state index contributed by atoms with van der Waals surface area (Å²) in [7, 11) is 1.62. The molecule has 1 aliphatic heterocycles. The van der Waals surface area contributed by atoms with Crippen molar-refractivity contribution in [1.29, 1.82) is 0 Å². The molecule has 1 aromatic carbocycles. The van der Waals surface area contributed by atoms with Crippen LogP contribution in [0.25, 0.3) is 0 Å². The fraction of sp³-hybridized carbons (Fsp3) is 0.400. The molecule has 1 fully saturated rings. The fourth-order valence-corrected chi connectivity index (χ4v) is 3.34. The molecule has 0 bridgehead atoms. The Morgan fingerprint density at radius 1 is 1.08 bits per heavy atom. The van der Waals surface area contributed by atoms with Crippen molar-refractivity contribution in [1.82, 2.24) is 14.8 Å². The highest BCUT2D eigenvalue weighted by Crippen LogP contribution is 2.16. The van der Waals surface area contributed by atoms with Gasteiger partial charge in [-0.05, 0) is 37.6 Å². The molecule has 0 radical (unpaired) electrons. The highest BCUT2D eigenvalue weighted by atomic mass is 16.5. The summed E-state index contributed by atoms with van der Waals surface area (Å²) in [6, 6.07) is 9.45. The minimum atomic E-state index is 0.0340. The Labute approximate surface area is 153 Å². The van der Waals surface area contributed by atoms with Crippen LogP contribution in [0.3, 0.4) is 0 Å². The number of aryl methyl sites for hydroxylation is 2. The summed E-state index contributed by atoms with van der Waals surface area (Å²) in [5, 5.41) is 0. The molecule has 3 rings (SSSR count). The second-order valence-corrected chi connectivity index (χ2v) is 6.69. The van der Waals surface area contributed by atoms with Gasteiger partial charge in [0.05, 0.1) is 19.1 Å². The normalized spacial score (nSPS) is 14.4. The van der Waals surface area contributed by atoms with Crippen LogP contribution in [0.1, 0.15) is 27.3 Å². The molecular weight excluding hydrogens is 330 g/mol. The number of nitrogens with zero attached hydrogens (tertiary/aromatic N) is 2. The number of hydrogen-bond donors (Lipinski definition) is 1. The van der Waals surface area contributed by atoms with Gasteiger partial charge in [-0.2, -0.15) is 0 Å². The van der Waals surface area contributed by atoms with Crippen LogP contribution in [0.4, 0.5) is 0 Å². The number of hydrogen-bond acceptors (Lipinski definition) is 3. The fourth-order valence-electron chi connectivity index (χ4n) is 3.34. The quantitative estimate of drug-likeness (QED) is 0.914. The Morgan fingerprint density at radius 2 is 1.77 bits per heavy atom. The van der Waals surface area contributed by atoms with E-state index in [1.165, 1.54) is 0 Å². The monoisotopic (exact) mass is 355 g/mol. The average Bonchev–Trinajstić information content (AvgIpc) is 2.99. The Kier molecular flexibility index (Phi) is 5.30. The molecule has 1 aliphatic rings. The molecule has 26 heavy (non-hydrogen) atoms. The molecule has 1 saturated heterocycles. The third-order valence-corrected chi connectivity index (χ3v) is 4.79. The molecule has 0 atom stereocenters. The number of carbonyl (C=O) groups is 2. The zero-order chi connectivity index (χ0) is 18.7. The van der Waals surface area contributed by atoms with Crippen molar-refractivity contribution in [3.8, 4) is 5.75 Å². The van der Waals surface area contributed by atoms with E-state index in [-0.39, 0.29) is 11.8 Å². The van der Waals surface area contributed by atoms with E-state index in [9.17, 15) is 9.59 Å². The second kappa shape index (κ2) is 7.64. The highest BCUT2D eigenvalue weighted by molar-refractivity contribution is 5.95. The van der Waals surface area contributed by atoms with Gasteiger partial charge in [0, 0.05) is 37.6 Å². The molecule has 2 amide bonds. The summed E-state index contributed by atoms with van der Waals surface area (Å²) in [6.07, 6.45) is 0.348. The van der Waals surface area contributed by atoms with Gasteiger partial charge in [0.25, 0.3) is 5.91 Å². The zero-order valence-corrected chi connectivity index (χ0v) is 15.5. The molecule has 6 nitrogen and oxygen atoms in total. The number of ether oxygens (including phenoxy) is 1. The summed E-state index contributed by atoms with van der Waals surface area (Å²) in [4.78, 5) is 32.0. The summed E-state index contributed by atoms with van der Waals surface area (Å²) < 4.78 is 5.20. The van der Waals surface area contributed by atoms with E-state index < -0.39 is 0 Å². The second-order valence-electron chi connectivity index (χ2n) is 6.69. The lowest BCUT2D eigenvalue weighted by Gasteiger charge is -2.35. The van der Waals surface area contributed by atoms with E-state index in [0.29, 0.717) is 32.6 Å². The van der Waals surface area contributed by atoms with E-state index in [1.54, 1.807) is 7.11 Å². The number of rotatable bonds is 4. The first kappa shape index (κ1) is 18.0. The van der Waals surface area contributed by atoms with Gasteiger partial charge in [-0.15, -0.1) is 0 Å². The van der Waals surface area contributed by atoms with E-state index >= 15 is 0 Å². The maximum absolute atomic E-state index is 12.7. The van der Waals surface area contributed by atoms with Crippen molar-refractivity contribution in [2.45, 2.75) is 20.3 Å². The molecule has 1 N–H and O–H groups in total. The first-order valence-electron chi connectivity index (χ1n) is 8.84. The number of H-pyrrole nitrogens is 1. The number of amides is 2. The predicted octanol–water partition coefficient (Wildman–Crippen LogP) is 2.17. The topological polar surface area (TPSA) is 65.6 Å². The summed E-state index contributed by atoms with van der Waals surface area (Å²) >= 11 is 0. The van der Waals surface area contributed by atoms with Gasteiger partial charge >= 0.3 is 0 Å². The summed E-state index contributed by atoms with van der Waals surface area (Å²) in [6.45, 7) is 6.11. The van der Waals surface area contributed by atoms with Crippen molar-refractivity contribution in [2.24, 2.45) is 0 Å². The van der Waals surface area contributed by atoms with Crippen LogP contribution < -0.4 is 4.74 Å². The van der Waals surface area contributed by atoms with Crippen LogP contribution in [0.15, 0.2) is 30.3 Å². The SMILES string of the molecule is COc1cccc(CC(=O)N2CCN(C(=O)c3cc(C)[nH]c3C)CC2)c1.